The fraction of sp³-hybridized carbons (Fsp3) is 0.333. The van der Waals surface area contributed by atoms with E-state index in [0.717, 1.165) is 5.56 Å². The minimum absolute atomic E-state index is 0.172. The molecule has 1 amide bonds. The highest BCUT2D eigenvalue weighted by atomic mass is 16.5. The zero-order valence-corrected chi connectivity index (χ0v) is 16.4. The lowest BCUT2D eigenvalue weighted by Gasteiger charge is -2.11. The van der Waals surface area contributed by atoms with Crippen LogP contribution in [0, 0.1) is 0 Å². The molecule has 1 N–H and O–H groups in total. The smallest absolute Gasteiger partial charge is 0.277 e. The highest BCUT2D eigenvalue weighted by Crippen LogP contribution is 2.28. The van der Waals surface area contributed by atoms with E-state index >= 15 is 0 Å². The van der Waals surface area contributed by atoms with Crippen molar-refractivity contribution in [3.8, 4) is 23.0 Å². The summed E-state index contributed by atoms with van der Waals surface area (Å²) < 4.78 is 22.1. The minimum atomic E-state index is -0.376. The third kappa shape index (κ3) is 6.50. The van der Waals surface area contributed by atoms with Gasteiger partial charge in [0.15, 0.2) is 29.6 Å². The molecule has 0 aliphatic heterocycles. The van der Waals surface area contributed by atoms with Crippen molar-refractivity contribution in [2.45, 2.75) is 20.8 Å². The number of nitrogens with zero attached hydrogens (tertiary/aromatic N) is 1. The van der Waals surface area contributed by atoms with Crippen LogP contribution in [0.1, 0.15) is 26.3 Å². The van der Waals surface area contributed by atoms with E-state index in [4.69, 9.17) is 18.9 Å². The lowest BCUT2D eigenvalue weighted by atomic mass is 10.2. The van der Waals surface area contributed by atoms with Gasteiger partial charge in [-0.3, -0.25) is 4.79 Å². The number of carbonyl (C=O) groups is 1. The van der Waals surface area contributed by atoms with Crippen LogP contribution in [-0.2, 0) is 4.79 Å². The fourth-order valence-electron chi connectivity index (χ4n) is 2.35. The zero-order valence-electron chi connectivity index (χ0n) is 16.4. The molecule has 0 saturated heterocycles. The van der Waals surface area contributed by atoms with E-state index in [0.29, 0.717) is 42.8 Å². The number of nitrogens with one attached hydrogen (secondary N) is 1. The van der Waals surface area contributed by atoms with Gasteiger partial charge in [0.2, 0.25) is 0 Å². The summed E-state index contributed by atoms with van der Waals surface area (Å²) in [5.41, 5.74) is 3.21. The predicted octanol–water partition coefficient (Wildman–Crippen LogP) is 3.41. The number of amides is 1. The predicted molar refractivity (Wildman–Crippen MR) is 108 cm³/mol. The molecule has 0 aromatic heterocycles. The van der Waals surface area contributed by atoms with Crippen LogP contribution in [0.25, 0.3) is 0 Å². The molecule has 2 aromatic carbocycles. The fourth-order valence-corrected chi connectivity index (χ4v) is 2.35. The van der Waals surface area contributed by atoms with Crippen LogP contribution in [0.4, 0.5) is 0 Å². The highest BCUT2D eigenvalue weighted by molar-refractivity contribution is 5.83. The average Bonchev–Trinajstić information content (AvgIpc) is 2.70. The van der Waals surface area contributed by atoms with Gasteiger partial charge in [-0.2, -0.15) is 5.10 Å². The maximum absolute atomic E-state index is 11.9. The molecule has 0 fully saturated rings. The van der Waals surface area contributed by atoms with E-state index in [2.05, 4.69) is 10.5 Å². The van der Waals surface area contributed by atoms with Crippen LogP contribution in [0.3, 0.4) is 0 Å². The molecule has 150 valence electrons. The second-order valence-corrected chi connectivity index (χ2v) is 5.53. The molecule has 0 unspecified atom stereocenters. The van der Waals surface area contributed by atoms with Crippen LogP contribution in [0.2, 0.25) is 0 Å². The molecule has 0 atom stereocenters. The Morgan fingerprint density at radius 3 is 2.07 bits per heavy atom. The molecule has 0 aliphatic carbocycles. The molecule has 0 bridgehead atoms. The normalized spacial score (nSPS) is 10.5. The number of hydrogen-bond donors (Lipinski definition) is 1. The molecule has 2 aromatic rings. The summed E-state index contributed by atoms with van der Waals surface area (Å²) in [6, 6.07) is 12.6. The summed E-state index contributed by atoms with van der Waals surface area (Å²) in [5, 5.41) is 3.96. The van der Waals surface area contributed by atoms with Crippen LogP contribution in [-0.4, -0.2) is 38.5 Å². The Labute approximate surface area is 165 Å². The molecule has 0 radical (unpaired) electrons. The van der Waals surface area contributed by atoms with Gasteiger partial charge < -0.3 is 18.9 Å². The highest BCUT2D eigenvalue weighted by Gasteiger charge is 2.07. The van der Waals surface area contributed by atoms with Crippen molar-refractivity contribution >= 4 is 12.1 Å². The summed E-state index contributed by atoms with van der Waals surface area (Å²) >= 11 is 0. The molecule has 0 saturated carbocycles. The Kier molecular flexibility index (Phi) is 8.65. The van der Waals surface area contributed by atoms with Crippen LogP contribution < -0.4 is 24.4 Å². The van der Waals surface area contributed by atoms with Gasteiger partial charge in [0.05, 0.1) is 26.0 Å². The van der Waals surface area contributed by atoms with E-state index in [-0.39, 0.29) is 12.5 Å². The van der Waals surface area contributed by atoms with Crippen molar-refractivity contribution in [2.75, 3.05) is 26.4 Å². The minimum Gasteiger partial charge on any atom is -0.490 e. The lowest BCUT2D eigenvalue weighted by molar-refractivity contribution is -0.123. The first kappa shape index (κ1) is 21.1. The van der Waals surface area contributed by atoms with Crippen molar-refractivity contribution in [2.24, 2.45) is 5.10 Å². The van der Waals surface area contributed by atoms with Gasteiger partial charge in [0, 0.05) is 0 Å². The zero-order chi connectivity index (χ0) is 20.2. The third-order valence-electron chi connectivity index (χ3n) is 3.48. The summed E-state index contributed by atoms with van der Waals surface area (Å²) in [6.07, 6.45) is 1.53. The first-order valence-electron chi connectivity index (χ1n) is 9.24. The Bertz CT molecular complexity index is 792. The Hall–Kier alpha value is -3.22. The van der Waals surface area contributed by atoms with Crippen molar-refractivity contribution in [3.05, 3.63) is 48.0 Å². The molecule has 7 heteroatoms. The summed E-state index contributed by atoms with van der Waals surface area (Å²) in [4.78, 5) is 11.9. The molecule has 28 heavy (non-hydrogen) atoms. The number of rotatable bonds is 11. The third-order valence-corrected chi connectivity index (χ3v) is 3.48. The SMILES string of the molecule is CCOc1ccc(C=NNC(=O)COc2ccccc2OCC)cc1OCC. The number of benzene rings is 2. The van der Waals surface area contributed by atoms with Crippen molar-refractivity contribution in [1.29, 1.82) is 0 Å². The van der Waals surface area contributed by atoms with Gasteiger partial charge in [0.1, 0.15) is 0 Å². The molecule has 2 rings (SSSR count). The van der Waals surface area contributed by atoms with Gasteiger partial charge >= 0.3 is 0 Å². The quantitative estimate of drug-likeness (QED) is 0.473. The Balaban J connectivity index is 1.90. The molecular weight excluding hydrogens is 360 g/mol. The molecular formula is C21H26N2O5. The molecule has 0 heterocycles. The number of para-hydroxylation sites is 2. The number of ether oxygens (including phenoxy) is 4. The second kappa shape index (κ2) is 11.5. The van der Waals surface area contributed by atoms with Gasteiger partial charge in [-0.1, -0.05) is 12.1 Å². The summed E-state index contributed by atoms with van der Waals surface area (Å²) in [5.74, 6) is 2.04. The Morgan fingerprint density at radius 1 is 0.857 bits per heavy atom. The summed E-state index contributed by atoms with van der Waals surface area (Å²) in [6.45, 7) is 7.12. The lowest BCUT2D eigenvalue weighted by Crippen LogP contribution is -2.24. The van der Waals surface area contributed by atoms with E-state index in [1.54, 1.807) is 18.2 Å². The number of carbonyl (C=O) groups excluding carboxylic acids is 1. The largest absolute Gasteiger partial charge is 0.490 e. The number of hydrazone groups is 1. The van der Waals surface area contributed by atoms with Crippen LogP contribution in [0.15, 0.2) is 47.6 Å². The monoisotopic (exact) mass is 386 g/mol. The van der Waals surface area contributed by atoms with Crippen molar-refractivity contribution in [3.63, 3.8) is 0 Å². The van der Waals surface area contributed by atoms with Gasteiger partial charge in [0.25, 0.3) is 5.91 Å². The molecule has 7 nitrogen and oxygen atoms in total. The van der Waals surface area contributed by atoms with E-state index < -0.39 is 0 Å². The Morgan fingerprint density at radius 2 is 1.43 bits per heavy atom. The second-order valence-electron chi connectivity index (χ2n) is 5.53. The van der Waals surface area contributed by atoms with Crippen molar-refractivity contribution < 1.29 is 23.7 Å². The van der Waals surface area contributed by atoms with Crippen molar-refractivity contribution in [1.82, 2.24) is 5.43 Å². The summed E-state index contributed by atoms with van der Waals surface area (Å²) in [7, 11) is 0. The van der Waals surface area contributed by atoms with E-state index in [9.17, 15) is 4.79 Å². The molecule has 0 spiro atoms. The first-order chi connectivity index (χ1) is 13.7. The van der Waals surface area contributed by atoms with Crippen LogP contribution in [0.5, 0.6) is 23.0 Å². The van der Waals surface area contributed by atoms with E-state index in [1.807, 2.05) is 45.0 Å². The van der Waals surface area contributed by atoms with Gasteiger partial charge in [-0.25, -0.2) is 5.43 Å². The van der Waals surface area contributed by atoms with Gasteiger partial charge in [-0.05, 0) is 56.7 Å². The molecule has 0 aliphatic rings. The van der Waals surface area contributed by atoms with E-state index in [1.165, 1.54) is 6.21 Å². The van der Waals surface area contributed by atoms with Crippen LogP contribution >= 0.6 is 0 Å². The van der Waals surface area contributed by atoms with Gasteiger partial charge in [-0.15, -0.1) is 0 Å². The maximum atomic E-state index is 11.9. The first-order valence-corrected chi connectivity index (χ1v) is 9.24. The topological polar surface area (TPSA) is 78.4 Å². The maximum Gasteiger partial charge on any atom is 0.277 e. The average molecular weight is 386 g/mol. The number of hydrogen-bond acceptors (Lipinski definition) is 6. The standard InChI is InChI=1S/C21H26N2O5/c1-4-25-17-9-7-8-10-18(17)28-15-21(24)23-22-14-16-11-12-19(26-5-2)20(13-16)27-6-3/h7-14H,4-6,15H2,1-3H3,(H,23,24).